The molecule has 0 aliphatic carbocycles. The van der Waals surface area contributed by atoms with Gasteiger partial charge in [0.2, 0.25) is 5.91 Å². The molecular weight excluding hydrogens is 368 g/mol. The fourth-order valence-corrected chi connectivity index (χ4v) is 3.52. The van der Waals surface area contributed by atoms with Gasteiger partial charge in [0.25, 0.3) is 5.91 Å². The Balaban J connectivity index is 1.75. The predicted octanol–water partition coefficient (Wildman–Crippen LogP) is 3.73. The minimum atomic E-state index is -0.122. The van der Waals surface area contributed by atoms with E-state index in [2.05, 4.69) is 0 Å². The van der Waals surface area contributed by atoms with Gasteiger partial charge in [-0.15, -0.1) is 0 Å². The zero-order chi connectivity index (χ0) is 20.6. The summed E-state index contributed by atoms with van der Waals surface area (Å²) in [6, 6.07) is 12.8. The summed E-state index contributed by atoms with van der Waals surface area (Å²) in [4.78, 5) is 29.8. The standard InChI is InChI=1S/C23H30N2O4/c1-3-18(2)25(23(27)19-9-5-4-6-10-19)17-22(26)24(15-20-11-7-13-28-20)16-21-12-8-14-29-21/h4-7,9-11,13,18,21H,3,8,12,14-17H2,1-2H3. The van der Waals surface area contributed by atoms with Crippen LogP contribution < -0.4 is 0 Å². The van der Waals surface area contributed by atoms with Crippen molar-refractivity contribution in [3.63, 3.8) is 0 Å². The van der Waals surface area contributed by atoms with Gasteiger partial charge in [0.05, 0.1) is 18.9 Å². The molecule has 29 heavy (non-hydrogen) atoms. The van der Waals surface area contributed by atoms with Crippen molar-refractivity contribution in [2.24, 2.45) is 0 Å². The van der Waals surface area contributed by atoms with Crippen LogP contribution in [0.3, 0.4) is 0 Å². The number of carbonyl (C=O) groups excluding carboxylic acids is 2. The average molecular weight is 399 g/mol. The van der Waals surface area contributed by atoms with Gasteiger partial charge in [-0.2, -0.15) is 0 Å². The maximum absolute atomic E-state index is 13.3. The molecule has 1 saturated heterocycles. The molecule has 2 heterocycles. The first-order chi connectivity index (χ1) is 14.1. The Kier molecular flexibility index (Phi) is 7.47. The van der Waals surface area contributed by atoms with Crippen LogP contribution in [0, 0.1) is 0 Å². The quantitative estimate of drug-likeness (QED) is 0.646. The van der Waals surface area contributed by atoms with Crippen LogP contribution in [0.1, 0.15) is 49.2 Å². The Morgan fingerprint density at radius 3 is 2.59 bits per heavy atom. The molecule has 0 saturated carbocycles. The van der Waals surface area contributed by atoms with E-state index in [-0.39, 0.29) is 30.5 Å². The number of rotatable bonds is 9. The summed E-state index contributed by atoms with van der Waals surface area (Å²) >= 11 is 0. The van der Waals surface area contributed by atoms with Crippen molar-refractivity contribution >= 4 is 11.8 Å². The third-order valence-electron chi connectivity index (χ3n) is 5.44. The third-order valence-corrected chi connectivity index (χ3v) is 5.44. The molecule has 0 N–H and O–H groups in total. The van der Waals surface area contributed by atoms with E-state index in [9.17, 15) is 9.59 Å². The first-order valence-electron chi connectivity index (χ1n) is 10.4. The summed E-state index contributed by atoms with van der Waals surface area (Å²) in [5, 5.41) is 0. The van der Waals surface area contributed by atoms with E-state index in [0.717, 1.165) is 31.6 Å². The molecular formula is C23H30N2O4. The van der Waals surface area contributed by atoms with Crippen molar-refractivity contribution in [1.29, 1.82) is 0 Å². The maximum Gasteiger partial charge on any atom is 0.254 e. The van der Waals surface area contributed by atoms with Crippen LogP contribution in [0.2, 0.25) is 0 Å². The van der Waals surface area contributed by atoms with Crippen molar-refractivity contribution in [2.45, 2.75) is 51.8 Å². The summed E-state index contributed by atoms with van der Waals surface area (Å²) in [5.41, 5.74) is 0.595. The first kappa shape index (κ1) is 21.1. The van der Waals surface area contributed by atoms with Gasteiger partial charge in [-0.05, 0) is 50.5 Å². The Morgan fingerprint density at radius 1 is 1.17 bits per heavy atom. The van der Waals surface area contributed by atoms with Gasteiger partial charge in [0, 0.05) is 24.8 Å². The lowest BCUT2D eigenvalue weighted by Crippen LogP contribution is -2.47. The number of carbonyl (C=O) groups is 2. The molecule has 2 aromatic rings. The molecule has 2 atom stereocenters. The summed E-state index contributed by atoms with van der Waals surface area (Å²) < 4.78 is 11.2. The lowest BCUT2D eigenvalue weighted by molar-refractivity contribution is -0.134. The van der Waals surface area contributed by atoms with Crippen LogP contribution in [0.25, 0.3) is 0 Å². The molecule has 3 rings (SSSR count). The minimum absolute atomic E-state index is 0.0378. The summed E-state index contributed by atoms with van der Waals surface area (Å²) in [6.07, 6.45) is 4.37. The first-order valence-corrected chi connectivity index (χ1v) is 10.4. The van der Waals surface area contributed by atoms with Gasteiger partial charge >= 0.3 is 0 Å². The summed E-state index contributed by atoms with van der Waals surface area (Å²) in [5.74, 6) is 0.505. The van der Waals surface area contributed by atoms with E-state index in [1.165, 1.54) is 0 Å². The zero-order valence-corrected chi connectivity index (χ0v) is 17.3. The molecule has 2 unspecified atom stereocenters. The second kappa shape index (κ2) is 10.3. The fraction of sp³-hybridized carbons (Fsp3) is 0.478. The number of hydrogen-bond donors (Lipinski definition) is 0. The second-order valence-electron chi connectivity index (χ2n) is 7.55. The van der Waals surface area contributed by atoms with Crippen molar-refractivity contribution < 1.29 is 18.7 Å². The van der Waals surface area contributed by atoms with Crippen LogP contribution in [0.4, 0.5) is 0 Å². The molecule has 1 aromatic carbocycles. The molecule has 1 fully saturated rings. The van der Waals surface area contributed by atoms with Gasteiger partial charge < -0.3 is 19.0 Å². The highest BCUT2D eigenvalue weighted by molar-refractivity contribution is 5.96. The number of furan rings is 1. The molecule has 0 bridgehead atoms. The number of benzene rings is 1. The Bertz CT molecular complexity index is 769. The van der Waals surface area contributed by atoms with E-state index in [1.807, 2.05) is 44.2 Å². The SMILES string of the molecule is CCC(C)N(CC(=O)N(Cc1ccco1)CC1CCCO1)C(=O)c1ccccc1. The number of ether oxygens (including phenoxy) is 1. The van der Waals surface area contributed by atoms with E-state index in [1.54, 1.807) is 28.2 Å². The van der Waals surface area contributed by atoms with Crippen molar-refractivity contribution in [1.82, 2.24) is 9.80 Å². The number of hydrogen-bond acceptors (Lipinski definition) is 4. The molecule has 2 amide bonds. The minimum Gasteiger partial charge on any atom is -0.467 e. The van der Waals surface area contributed by atoms with Crippen molar-refractivity contribution in [3.8, 4) is 0 Å². The van der Waals surface area contributed by atoms with Gasteiger partial charge in [0.15, 0.2) is 0 Å². The van der Waals surface area contributed by atoms with Gasteiger partial charge in [-0.1, -0.05) is 25.1 Å². The van der Waals surface area contributed by atoms with Gasteiger partial charge in [-0.3, -0.25) is 9.59 Å². The topological polar surface area (TPSA) is 63.0 Å². The normalized spacial score (nSPS) is 17.1. The Morgan fingerprint density at radius 2 is 1.97 bits per heavy atom. The highest BCUT2D eigenvalue weighted by Gasteiger charge is 2.28. The van der Waals surface area contributed by atoms with Crippen LogP contribution in [0.15, 0.2) is 53.1 Å². The lowest BCUT2D eigenvalue weighted by Gasteiger charge is -2.32. The lowest BCUT2D eigenvalue weighted by atomic mass is 10.1. The summed E-state index contributed by atoms with van der Waals surface area (Å²) in [7, 11) is 0. The maximum atomic E-state index is 13.3. The monoisotopic (exact) mass is 398 g/mol. The zero-order valence-electron chi connectivity index (χ0n) is 17.3. The largest absolute Gasteiger partial charge is 0.467 e. The smallest absolute Gasteiger partial charge is 0.254 e. The third kappa shape index (κ3) is 5.70. The van der Waals surface area contributed by atoms with E-state index in [0.29, 0.717) is 18.7 Å². The molecule has 6 heteroatoms. The van der Waals surface area contributed by atoms with Crippen LogP contribution in [-0.4, -0.2) is 53.5 Å². The Labute approximate surface area is 172 Å². The average Bonchev–Trinajstić information content (AvgIpc) is 3.45. The molecule has 1 aliphatic heterocycles. The molecule has 0 radical (unpaired) electrons. The molecule has 0 spiro atoms. The highest BCUT2D eigenvalue weighted by Crippen LogP contribution is 2.17. The van der Waals surface area contributed by atoms with Gasteiger partial charge in [0.1, 0.15) is 12.3 Å². The van der Waals surface area contributed by atoms with Crippen molar-refractivity contribution in [3.05, 3.63) is 60.1 Å². The molecule has 1 aromatic heterocycles. The number of amides is 2. The molecule has 6 nitrogen and oxygen atoms in total. The molecule has 156 valence electrons. The van der Waals surface area contributed by atoms with Crippen LogP contribution in [0.5, 0.6) is 0 Å². The fourth-order valence-electron chi connectivity index (χ4n) is 3.52. The number of nitrogens with zero attached hydrogens (tertiary/aromatic N) is 2. The van der Waals surface area contributed by atoms with Crippen molar-refractivity contribution in [2.75, 3.05) is 19.7 Å². The van der Waals surface area contributed by atoms with E-state index < -0.39 is 0 Å². The Hall–Kier alpha value is -2.60. The van der Waals surface area contributed by atoms with Gasteiger partial charge in [-0.25, -0.2) is 0 Å². The van der Waals surface area contributed by atoms with E-state index >= 15 is 0 Å². The summed E-state index contributed by atoms with van der Waals surface area (Å²) in [6.45, 7) is 5.65. The highest BCUT2D eigenvalue weighted by atomic mass is 16.5. The predicted molar refractivity (Wildman–Crippen MR) is 110 cm³/mol. The van der Waals surface area contributed by atoms with Crippen LogP contribution in [-0.2, 0) is 16.1 Å². The van der Waals surface area contributed by atoms with Crippen LogP contribution >= 0.6 is 0 Å². The molecule has 1 aliphatic rings. The van der Waals surface area contributed by atoms with E-state index in [4.69, 9.17) is 9.15 Å². The second-order valence-corrected chi connectivity index (χ2v) is 7.55.